The van der Waals surface area contributed by atoms with Gasteiger partial charge in [0.2, 0.25) is 0 Å². The molecule has 0 fully saturated rings. The van der Waals surface area contributed by atoms with Crippen LogP contribution in [-0.2, 0) is 0 Å². The molecular formula is C7H9N7S. The Hall–Kier alpha value is -1.67. The molecule has 2 aromatic heterocycles. The number of thioether (sulfide) groups is 1. The summed E-state index contributed by atoms with van der Waals surface area (Å²) in [6, 6.07) is 1.69. The van der Waals surface area contributed by atoms with Gasteiger partial charge in [0.15, 0.2) is 11.0 Å². The van der Waals surface area contributed by atoms with E-state index in [1.807, 2.05) is 6.26 Å². The standard InChI is InChI=1S/C7H9N7S/c1-15-7-11-5(13-8)2-6(12-7)14-4-9-3-10-14/h2-4H,8H2,1H3,(H,11,12,13). The summed E-state index contributed by atoms with van der Waals surface area (Å²) in [6.07, 6.45) is 4.89. The number of hydrogen-bond acceptors (Lipinski definition) is 7. The smallest absolute Gasteiger partial charge is 0.191 e. The first-order valence-corrected chi connectivity index (χ1v) is 5.30. The van der Waals surface area contributed by atoms with Crippen molar-refractivity contribution < 1.29 is 0 Å². The van der Waals surface area contributed by atoms with Gasteiger partial charge in [-0.15, -0.1) is 0 Å². The average molecular weight is 223 g/mol. The number of anilines is 1. The molecule has 3 N–H and O–H groups in total. The molecule has 0 spiro atoms. The summed E-state index contributed by atoms with van der Waals surface area (Å²) in [5, 5.41) is 4.60. The molecule has 0 saturated carbocycles. The number of nitrogens with one attached hydrogen (secondary N) is 1. The highest BCUT2D eigenvalue weighted by molar-refractivity contribution is 7.98. The molecule has 0 bridgehead atoms. The lowest BCUT2D eigenvalue weighted by Crippen LogP contribution is -2.11. The Morgan fingerprint density at radius 2 is 2.33 bits per heavy atom. The van der Waals surface area contributed by atoms with Gasteiger partial charge in [0, 0.05) is 6.07 Å². The zero-order valence-corrected chi connectivity index (χ0v) is 8.77. The number of hydrazine groups is 1. The second-order valence-electron chi connectivity index (χ2n) is 2.58. The normalized spacial score (nSPS) is 10.3. The van der Waals surface area contributed by atoms with Crippen LogP contribution in [0.1, 0.15) is 0 Å². The topological polar surface area (TPSA) is 94.5 Å². The number of aromatic nitrogens is 5. The molecule has 0 amide bonds. The largest absolute Gasteiger partial charge is 0.308 e. The SMILES string of the molecule is CSc1nc(NN)cc(-n2cncn2)n1. The molecule has 0 aliphatic rings. The van der Waals surface area contributed by atoms with E-state index in [0.29, 0.717) is 16.8 Å². The molecule has 7 nitrogen and oxygen atoms in total. The van der Waals surface area contributed by atoms with E-state index in [2.05, 4.69) is 25.5 Å². The van der Waals surface area contributed by atoms with Crippen molar-refractivity contribution in [1.82, 2.24) is 24.7 Å². The third-order valence-electron chi connectivity index (χ3n) is 1.68. The van der Waals surface area contributed by atoms with Crippen molar-refractivity contribution in [3.63, 3.8) is 0 Å². The molecule has 0 aliphatic carbocycles. The van der Waals surface area contributed by atoms with Gasteiger partial charge in [-0.3, -0.25) is 0 Å². The highest BCUT2D eigenvalue weighted by Crippen LogP contribution is 2.15. The van der Waals surface area contributed by atoms with Crippen LogP contribution in [0.15, 0.2) is 23.9 Å². The summed E-state index contributed by atoms with van der Waals surface area (Å²) in [7, 11) is 0. The van der Waals surface area contributed by atoms with E-state index in [0.717, 1.165) is 0 Å². The van der Waals surface area contributed by atoms with Crippen LogP contribution in [-0.4, -0.2) is 31.0 Å². The van der Waals surface area contributed by atoms with Gasteiger partial charge < -0.3 is 5.43 Å². The van der Waals surface area contributed by atoms with Gasteiger partial charge in [-0.25, -0.2) is 25.5 Å². The molecular weight excluding hydrogens is 214 g/mol. The maximum Gasteiger partial charge on any atom is 0.191 e. The van der Waals surface area contributed by atoms with E-state index >= 15 is 0 Å². The zero-order chi connectivity index (χ0) is 10.7. The van der Waals surface area contributed by atoms with Gasteiger partial charge in [0.25, 0.3) is 0 Å². The highest BCUT2D eigenvalue weighted by Gasteiger charge is 2.05. The molecule has 0 atom stereocenters. The Kier molecular flexibility index (Phi) is 2.79. The quantitative estimate of drug-likeness (QED) is 0.329. The van der Waals surface area contributed by atoms with Crippen molar-refractivity contribution in [3.05, 3.63) is 18.7 Å². The van der Waals surface area contributed by atoms with E-state index in [1.165, 1.54) is 18.1 Å². The fraction of sp³-hybridized carbons (Fsp3) is 0.143. The lowest BCUT2D eigenvalue weighted by Gasteiger charge is -2.04. The Bertz CT molecular complexity index is 418. The van der Waals surface area contributed by atoms with Gasteiger partial charge in [-0.2, -0.15) is 5.10 Å². The minimum absolute atomic E-state index is 0.542. The lowest BCUT2D eigenvalue weighted by atomic mass is 10.5. The van der Waals surface area contributed by atoms with Gasteiger partial charge in [-0.1, -0.05) is 11.8 Å². The number of nitrogen functional groups attached to an aromatic ring is 1. The van der Waals surface area contributed by atoms with Gasteiger partial charge in [0.1, 0.15) is 18.5 Å². The second kappa shape index (κ2) is 4.24. The van der Waals surface area contributed by atoms with Crippen LogP contribution in [0.4, 0.5) is 5.82 Å². The minimum Gasteiger partial charge on any atom is -0.308 e. The second-order valence-corrected chi connectivity index (χ2v) is 3.36. The van der Waals surface area contributed by atoms with E-state index in [9.17, 15) is 0 Å². The van der Waals surface area contributed by atoms with Crippen molar-refractivity contribution in [2.45, 2.75) is 5.16 Å². The van der Waals surface area contributed by atoms with Crippen molar-refractivity contribution in [3.8, 4) is 5.82 Å². The van der Waals surface area contributed by atoms with Gasteiger partial charge >= 0.3 is 0 Å². The monoisotopic (exact) mass is 223 g/mol. The van der Waals surface area contributed by atoms with E-state index in [4.69, 9.17) is 5.84 Å². The summed E-state index contributed by atoms with van der Waals surface area (Å²) in [5.74, 6) is 6.47. The predicted molar refractivity (Wildman–Crippen MR) is 56.5 cm³/mol. The third kappa shape index (κ3) is 2.05. The molecule has 0 unspecified atom stereocenters. The summed E-state index contributed by atoms with van der Waals surface area (Å²) < 4.78 is 1.54. The Morgan fingerprint density at radius 3 is 2.93 bits per heavy atom. The fourth-order valence-electron chi connectivity index (χ4n) is 1.02. The minimum atomic E-state index is 0.542. The van der Waals surface area contributed by atoms with Gasteiger partial charge in [-0.05, 0) is 6.26 Å². The summed E-state index contributed by atoms with van der Waals surface area (Å²) in [4.78, 5) is 12.2. The molecule has 2 rings (SSSR count). The Morgan fingerprint density at radius 1 is 1.47 bits per heavy atom. The summed E-state index contributed by atoms with van der Waals surface area (Å²) >= 11 is 1.43. The Balaban J connectivity index is 2.47. The van der Waals surface area contributed by atoms with Crippen molar-refractivity contribution >= 4 is 17.6 Å². The fourth-order valence-corrected chi connectivity index (χ4v) is 1.40. The van der Waals surface area contributed by atoms with Crippen LogP contribution in [0, 0.1) is 0 Å². The molecule has 8 heteroatoms. The molecule has 0 aliphatic heterocycles. The summed E-state index contributed by atoms with van der Waals surface area (Å²) in [6.45, 7) is 0. The number of nitrogens with zero attached hydrogens (tertiary/aromatic N) is 5. The maximum absolute atomic E-state index is 5.30. The van der Waals surface area contributed by atoms with Crippen LogP contribution >= 0.6 is 11.8 Å². The molecule has 15 heavy (non-hydrogen) atoms. The van der Waals surface area contributed by atoms with Crippen molar-refractivity contribution in [1.29, 1.82) is 0 Å². The number of nitrogens with two attached hydrogens (primary N) is 1. The van der Waals surface area contributed by atoms with Crippen LogP contribution in [0.3, 0.4) is 0 Å². The lowest BCUT2D eigenvalue weighted by molar-refractivity contribution is 0.807. The summed E-state index contributed by atoms with van der Waals surface area (Å²) in [5.41, 5.74) is 2.48. The van der Waals surface area contributed by atoms with E-state index in [-0.39, 0.29) is 0 Å². The first-order valence-electron chi connectivity index (χ1n) is 4.08. The van der Waals surface area contributed by atoms with E-state index < -0.39 is 0 Å². The maximum atomic E-state index is 5.30. The molecule has 0 aromatic carbocycles. The van der Waals surface area contributed by atoms with Gasteiger partial charge in [0.05, 0.1) is 0 Å². The van der Waals surface area contributed by atoms with Crippen LogP contribution in [0.5, 0.6) is 0 Å². The predicted octanol–water partition coefficient (Wildman–Crippen LogP) is 0.0648. The van der Waals surface area contributed by atoms with Crippen LogP contribution in [0.25, 0.3) is 5.82 Å². The van der Waals surface area contributed by atoms with Crippen LogP contribution < -0.4 is 11.3 Å². The first kappa shape index (κ1) is 9.87. The van der Waals surface area contributed by atoms with E-state index in [1.54, 1.807) is 17.1 Å². The average Bonchev–Trinajstić information content (AvgIpc) is 2.81. The molecule has 2 heterocycles. The van der Waals surface area contributed by atoms with Crippen LogP contribution in [0.2, 0.25) is 0 Å². The third-order valence-corrected chi connectivity index (χ3v) is 2.22. The van der Waals surface area contributed by atoms with Crippen molar-refractivity contribution in [2.75, 3.05) is 11.7 Å². The zero-order valence-electron chi connectivity index (χ0n) is 7.95. The molecule has 78 valence electrons. The Labute approximate surface area is 90.1 Å². The molecule has 2 aromatic rings. The number of rotatable bonds is 3. The first-order chi connectivity index (χ1) is 7.33. The molecule has 0 saturated heterocycles. The van der Waals surface area contributed by atoms with Crippen molar-refractivity contribution in [2.24, 2.45) is 5.84 Å². The number of hydrogen-bond donors (Lipinski definition) is 2. The molecule has 0 radical (unpaired) electrons. The highest BCUT2D eigenvalue weighted by atomic mass is 32.2.